The van der Waals surface area contributed by atoms with Crippen molar-refractivity contribution >= 4 is 0 Å². The Kier molecular flexibility index (Phi) is 6.41. The summed E-state index contributed by atoms with van der Waals surface area (Å²) in [7, 11) is 0. The highest BCUT2D eigenvalue weighted by atomic mass is 19.1. The highest BCUT2D eigenvalue weighted by molar-refractivity contribution is 5.16. The summed E-state index contributed by atoms with van der Waals surface area (Å²) in [6, 6.07) is 6.51. The molecule has 0 amide bonds. The Morgan fingerprint density at radius 2 is 2.08 bits per heavy atom. The van der Waals surface area contributed by atoms with E-state index in [1.54, 1.807) is 18.2 Å². The van der Waals surface area contributed by atoms with Crippen LogP contribution in [0.1, 0.15) is 24.8 Å². The topological polar surface area (TPSA) is 62.2 Å². The lowest BCUT2D eigenvalue weighted by molar-refractivity contribution is -0.0610. The van der Waals surface area contributed by atoms with Crippen LogP contribution in [-0.4, -0.2) is 66.3 Å². The van der Waals surface area contributed by atoms with Crippen molar-refractivity contribution < 1.29 is 24.1 Å². The lowest BCUT2D eigenvalue weighted by Crippen LogP contribution is -2.54. The molecule has 0 saturated carbocycles. The monoisotopic (exact) mass is 353 g/mol. The third-order valence-electron chi connectivity index (χ3n) is 5.67. The minimum atomic E-state index is -0.635. The molecule has 2 atom stereocenters. The van der Waals surface area contributed by atoms with Crippen LogP contribution in [0.25, 0.3) is 0 Å². The molecule has 0 bridgehead atoms. The Hall–Kier alpha value is -1.05. The van der Waals surface area contributed by atoms with Gasteiger partial charge in [-0.05, 0) is 31.9 Å². The van der Waals surface area contributed by atoms with Gasteiger partial charge in [0.2, 0.25) is 0 Å². The minimum Gasteiger partial charge on any atom is -0.396 e. The summed E-state index contributed by atoms with van der Waals surface area (Å²) in [6.45, 7) is 3.28. The zero-order valence-corrected chi connectivity index (χ0v) is 14.6. The average Bonchev–Trinajstić information content (AvgIpc) is 2.94. The normalized spacial score (nSPS) is 24.7. The Morgan fingerprint density at radius 3 is 2.80 bits per heavy atom. The molecule has 0 aliphatic carbocycles. The molecule has 2 aliphatic heterocycles. The van der Waals surface area contributed by atoms with Crippen LogP contribution in [0.15, 0.2) is 24.3 Å². The van der Waals surface area contributed by atoms with Crippen molar-refractivity contribution in [3.63, 3.8) is 0 Å². The van der Waals surface area contributed by atoms with Crippen molar-refractivity contribution in [1.29, 1.82) is 0 Å². The fraction of sp³-hybridized carbons (Fsp3) is 0.684. The van der Waals surface area contributed by atoms with Crippen LogP contribution in [0.3, 0.4) is 0 Å². The number of halogens is 1. The molecule has 3 rings (SSSR count). The van der Waals surface area contributed by atoms with Crippen molar-refractivity contribution in [2.75, 3.05) is 39.5 Å². The van der Waals surface area contributed by atoms with Crippen molar-refractivity contribution in [2.45, 2.75) is 37.5 Å². The van der Waals surface area contributed by atoms with Gasteiger partial charge in [-0.25, -0.2) is 4.39 Å². The van der Waals surface area contributed by atoms with Crippen molar-refractivity contribution in [3.8, 4) is 0 Å². The first-order valence-electron chi connectivity index (χ1n) is 9.08. The Balaban J connectivity index is 1.51. The highest BCUT2D eigenvalue weighted by Crippen LogP contribution is 2.42. The van der Waals surface area contributed by atoms with Crippen LogP contribution >= 0.6 is 0 Å². The molecular formula is C19H28FNO4. The third kappa shape index (κ3) is 4.20. The van der Waals surface area contributed by atoms with E-state index in [0.29, 0.717) is 25.3 Å². The van der Waals surface area contributed by atoms with Gasteiger partial charge in [0.15, 0.2) is 0 Å². The molecule has 2 saturated heterocycles. The number of aliphatic hydroxyl groups is 2. The first-order valence-corrected chi connectivity index (χ1v) is 9.08. The van der Waals surface area contributed by atoms with E-state index in [1.165, 1.54) is 6.07 Å². The Labute approximate surface area is 148 Å². The quantitative estimate of drug-likeness (QED) is 0.779. The third-order valence-corrected chi connectivity index (χ3v) is 5.67. The van der Waals surface area contributed by atoms with E-state index in [4.69, 9.17) is 9.47 Å². The van der Waals surface area contributed by atoms with E-state index in [0.717, 1.165) is 25.8 Å². The van der Waals surface area contributed by atoms with Gasteiger partial charge in [-0.1, -0.05) is 18.2 Å². The second-order valence-electron chi connectivity index (χ2n) is 7.09. The smallest absolute Gasteiger partial charge is 0.128 e. The van der Waals surface area contributed by atoms with Crippen molar-refractivity contribution in [3.05, 3.63) is 35.6 Å². The minimum absolute atomic E-state index is 0.0699. The summed E-state index contributed by atoms with van der Waals surface area (Å²) in [4.78, 5) is 2.30. The summed E-state index contributed by atoms with van der Waals surface area (Å²) in [6.07, 6.45) is 2.09. The fourth-order valence-electron chi connectivity index (χ4n) is 4.27. The molecule has 0 aromatic heterocycles. The first-order chi connectivity index (χ1) is 12.2. The van der Waals surface area contributed by atoms with Crippen LogP contribution in [0.5, 0.6) is 0 Å². The zero-order chi connectivity index (χ0) is 17.7. The van der Waals surface area contributed by atoms with Gasteiger partial charge in [0.05, 0.1) is 19.3 Å². The molecule has 2 aliphatic rings. The summed E-state index contributed by atoms with van der Waals surface area (Å²) in [5.41, 5.74) is 0.427. The molecule has 25 heavy (non-hydrogen) atoms. The van der Waals surface area contributed by atoms with Crippen LogP contribution in [0.4, 0.5) is 4.39 Å². The molecule has 0 radical (unpaired) electrons. The predicted molar refractivity (Wildman–Crippen MR) is 91.6 cm³/mol. The van der Waals surface area contributed by atoms with E-state index in [2.05, 4.69) is 4.90 Å². The maximum absolute atomic E-state index is 13.6. The summed E-state index contributed by atoms with van der Waals surface area (Å²) >= 11 is 0. The molecular weight excluding hydrogens is 325 g/mol. The summed E-state index contributed by atoms with van der Waals surface area (Å²) in [5.74, 6) is -0.0496. The fourth-order valence-corrected chi connectivity index (χ4v) is 4.27. The molecule has 1 aromatic rings. The first kappa shape index (κ1) is 18.7. The van der Waals surface area contributed by atoms with Gasteiger partial charge in [-0.15, -0.1) is 0 Å². The number of benzene rings is 1. The molecule has 1 spiro atoms. The number of hydrogen-bond acceptors (Lipinski definition) is 5. The van der Waals surface area contributed by atoms with Crippen LogP contribution in [-0.2, 0) is 16.1 Å². The Morgan fingerprint density at radius 1 is 1.32 bits per heavy atom. The van der Waals surface area contributed by atoms with E-state index in [1.807, 2.05) is 0 Å². The maximum atomic E-state index is 13.6. The average molecular weight is 353 g/mol. The number of nitrogens with zero attached hydrogens (tertiary/aromatic N) is 1. The number of hydrogen-bond donors (Lipinski definition) is 2. The van der Waals surface area contributed by atoms with Gasteiger partial charge >= 0.3 is 0 Å². The van der Waals surface area contributed by atoms with Crippen molar-refractivity contribution in [2.24, 2.45) is 5.92 Å². The number of ether oxygens (including phenoxy) is 2. The molecule has 140 valence electrons. The van der Waals surface area contributed by atoms with Crippen LogP contribution in [0.2, 0.25) is 0 Å². The van der Waals surface area contributed by atoms with Gasteiger partial charge < -0.3 is 19.7 Å². The van der Waals surface area contributed by atoms with E-state index < -0.39 is 6.10 Å². The summed E-state index contributed by atoms with van der Waals surface area (Å²) < 4.78 is 24.6. The van der Waals surface area contributed by atoms with E-state index >= 15 is 0 Å². The predicted octanol–water partition coefficient (Wildman–Crippen LogP) is 1.57. The SMILES string of the molecule is OCC1CCN(CC(O)COCc2ccccc2F)C12CCOCC2. The van der Waals surface area contributed by atoms with Gasteiger partial charge in [-0.3, -0.25) is 4.90 Å². The second-order valence-corrected chi connectivity index (χ2v) is 7.09. The number of rotatable bonds is 7. The van der Waals surface area contributed by atoms with Gasteiger partial charge in [0.1, 0.15) is 5.82 Å². The molecule has 2 N–H and O–H groups in total. The zero-order valence-electron chi connectivity index (χ0n) is 14.6. The molecule has 2 fully saturated rings. The molecule has 1 aromatic carbocycles. The van der Waals surface area contributed by atoms with Crippen molar-refractivity contribution in [1.82, 2.24) is 4.90 Å². The number of β-amino-alcohol motifs (C(OH)–C–C–N with tert-alkyl or cyclic N) is 1. The molecule has 6 heteroatoms. The molecule has 5 nitrogen and oxygen atoms in total. The van der Waals surface area contributed by atoms with Gasteiger partial charge in [0.25, 0.3) is 0 Å². The second kappa shape index (κ2) is 8.56. The highest BCUT2D eigenvalue weighted by Gasteiger charge is 2.49. The van der Waals surface area contributed by atoms with E-state index in [-0.39, 0.29) is 37.1 Å². The van der Waals surface area contributed by atoms with Gasteiger partial charge in [-0.2, -0.15) is 0 Å². The maximum Gasteiger partial charge on any atom is 0.128 e. The largest absolute Gasteiger partial charge is 0.396 e. The van der Waals surface area contributed by atoms with Crippen LogP contribution in [0, 0.1) is 11.7 Å². The number of aliphatic hydroxyl groups excluding tert-OH is 2. The summed E-state index contributed by atoms with van der Waals surface area (Å²) in [5, 5.41) is 20.1. The van der Waals surface area contributed by atoms with Crippen LogP contribution < -0.4 is 0 Å². The molecule has 2 heterocycles. The van der Waals surface area contributed by atoms with Gasteiger partial charge in [0, 0.05) is 43.4 Å². The number of likely N-dealkylation sites (tertiary alicyclic amines) is 1. The lowest BCUT2D eigenvalue weighted by Gasteiger charge is -2.45. The molecule has 2 unspecified atom stereocenters. The lowest BCUT2D eigenvalue weighted by atomic mass is 9.78. The standard InChI is InChI=1S/C19H28FNO4/c20-18-4-2-1-3-15(18)13-25-14-17(23)11-21-8-5-16(12-22)19(21)6-9-24-10-7-19/h1-4,16-17,22-23H,5-14H2. The Bertz CT molecular complexity index is 550. The van der Waals surface area contributed by atoms with E-state index in [9.17, 15) is 14.6 Å².